The van der Waals surface area contributed by atoms with Crippen molar-refractivity contribution in [2.75, 3.05) is 26.7 Å². The first-order chi connectivity index (χ1) is 7.15. The van der Waals surface area contributed by atoms with Gasteiger partial charge in [0.2, 0.25) is 5.76 Å². The van der Waals surface area contributed by atoms with E-state index in [0.717, 1.165) is 6.08 Å². The minimum Gasteiger partial charge on any atom is -0.486 e. The second kappa shape index (κ2) is 8.11. The first-order valence-corrected chi connectivity index (χ1v) is 4.75. The van der Waals surface area contributed by atoms with Crippen molar-refractivity contribution in [3.63, 3.8) is 0 Å². The topological polar surface area (TPSA) is 61.8 Å². The van der Waals surface area contributed by atoms with E-state index in [2.05, 4.69) is 9.47 Å². The van der Waals surface area contributed by atoms with Gasteiger partial charge in [-0.25, -0.2) is 9.59 Å². The molecule has 86 valence electrons. The Labute approximate surface area is 92.9 Å². The molecule has 5 nitrogen and oxygen atoms in total. The fourth-order valence-corrected chi connectivity index (χ4v) is 0.772. The Balaban J connectivity index is 4.37. The fraction of sp³-hybridized carbons (Fsp3) is 0.556. The number of carbonyl (C=O) groups is 2. The normalized spacial score (nSPS) is 10.7. The quantitative estimate of drug-likeness (QED) is 0.225. The number of hydrogen-bond acceptors (Lipinski definition) is 5. The van der Waals surface area contributed by atoms with Crippen LogP contribution in [0.4, 0.5) is 0 Å². The molecular formula is C9H13ClO5. The van der Waals surface area contributed by atoms with Gasteiger partial charge in [0.1, 0.15) is 0 Å². The van der Waals surface area contributed by atoms with Crippen molar-refractivity contribution in [2.24, 2.45) is 0 Å². The van der Waals surface area contributed by atoms with Crippen molar-refractivity contribution >= 4 is 23.5 Å². The Hall–Kier alpha value is -1.23. The van der Waals surface area contributed by atoms with Gasteiger partial charge in [0.15, 0.2) is 0 Å². The Morgan fingerprint density at radius 2 is 1.93 bits per heavy atom. The maximum absolute atomic E-state index is 11.1. The van der Waals surface area contributed by atoms with Crippen LogP contribution >= 0.6 is 11.6 Å². The van der Waals surface area contributed by atoms with Crippen LogP contribution in [0.25, 0.3) is 0 Å². The summed E-state index contributed by atoms with van der Waals surface area (Å²) in [5.74, 6) is -1.18. The van der Waals surface area contributed by atoms with Crippen molar-refractivity contribution in [3.05, 3.63) is 11.8 Å². The van der Waals surface area contributed by atoms with Crippen LogP contribution in [0.3, 0.4) is 0 Å². The van der Waals surface area contributed by atoms with Gasteiger partial charge in [-0.1, -0.05) is 0 Å². The molecule has 15 heavy (non-hydrogen) atoms. The number of methoxy groups -OCH3 is 2. The molecule has 0 aliphatic heterocycles. The van der Waals surface area contributed by atoms with Gasteiger partial charge < -0.3 is 14.2 Å². The Morgan fingerprint density at radius 1 is 1.27 bits per heavy atom. The number of esters is 2. The maximum Gasteiger partial charge on any atom is 0.373 e. The number of alkyl halides is 1. The monoisotopic (exact) mass is 236 g/mol. The molecule has 0 aromatic carbocycles. The highest BCUT2D eigenvalue weighted by atomic mass is 35.5. The van der Waals surface area contributed by atoms with E-state index >= 15 is 0 Å². The summed E-state index contributed by atoms with van der Waals surface area (Å²) < 4.78 is 13.8. The summed E-state index contributed by atoms with van der Waals surface area (Å²) in [6, 6.07) is 0. The summed E-state index contributed by atoms with van der Waals surface area (Å²) in [6.07, 6.45) is 1.50. The van der Waals surface area contributed by atoms with E-state index in [1.807, 2.05) is 0 Å². The molecule has 0 saturated heterocycles. The lowest BCUT2D eigenvalue weighted by Crippen LogP contribution is -2.12. The minimum absolute atomic E-state index is 0.186. The highest BCUT2D eigenvalue weighted by molar-refractivity contribution is 6.17. The van der Waals surface area contributed by atoms with Crippen molar-refractivity contribution in [3.8, 4) is 0 Å². The lowest BCUT2D eigenvalue weighted by molar-refractivity contribution is -0.142. The first-order valence-electron chi connectivity index (χ1n) is 4.22. The zero-order valence-corrected chi connectivity index (χ0v) is 9.37. The van der Waals surface area contributed by atoms with E-state index in [1.54, 1.807) is 0 Å². The average Bonchev–Trinajstić information content (AvgIpc) is 2.26. The van der Waals surface area contributed by atoms with Gasteiger partial charge in [0.25, 0.3) is 0 Å². The third-order valence-corrected chi connectivity index (χ3v) is 1.64. The van der Waals surface area contributed by atoms with E-state index in [4.69, 9.17) is 16.3 Å². The fourth-order valence-electron chi connectivity index (χ4n) is 0.663. The summed E-state index contributed by atoms with van der Waals surface area (Å²) in [6.45, 7) is 0.238. The third kappa shape index (κ3) is 5.96. The number of ether oxygens (including phenoxy) is 3. The standard InChI is InChI=1S/C9H13ClO5/c1-13-8(11)6-7(9(12)14-2)15-5-3-4-10/h6H,3-5H2,1-2H3/b7-6+. The number of rotatable bonds is 6. The molecule has 0 fully saturated rings. The minimum atomic E-state index is -0.727. The average molecular weight is 237 g/mol. The molecule has 0 amide bonds. The van der Waals surface area contributed by atoms with Gasteiger partial charge in [-0.15, -0.1) is 11.6 Å². The van der Waals surface area contributed by atoms with Gasteiger partial charge in [0, 0.05) is 5.88 Å². The predicted molar refractivity (Wildman–Crippen MR) is 53.4 cm³/mol. The lowest BCUT2D eigenvalue weighted by atomic mass is 10.4. The lowest BCUT2D eigenvalue weighted by Gasteiger charge is -2.06. The molecule has 0 spiro atoms. The van der Waals surface area contributed by atoms with Crippen LogP contribution in [0.2, 0.25) is 0 Å². The highest BCUT2D eigenvalue weighted by Crippen LogP contribution is 2.02. The van der Waals surface area contributed by atoms with Crippen LogP contribution in [0.5, 0.6) is 0 Å². The zero-order valence-electron chi connectivity index (χ0n) is 8.62. The molecule has 0 aliphatic carbocycles. The van der Waals surface area contributed by atoms with Crippen LogP contribution in [0.15, 0.2) is 11.8 Å². The van der Waals surface area contributed by atoms with E-state index in [-0.39, 0.29) is 12.4 Å². The second-order valence-corrected chi connectivity index (χ2v) is 2.79. The van der Waals surface area contributed by atoms with E-state index in [9.17, 15) is 9.59 Å². The molecule has 0 unspecified atom stereocenters. The zero-order chi connectivity index (χ0) is 11.7. The van der Waals surface area contributed by atoms with Crippen molar-refractivity contribution in [2.45, 2.75) is 6.42 Å². The molecule has 6 heteroatoms. The number of halogens is 1. The molecule has 0 rings (SSSR count). The molecule has 0 radical (unpaired) electrons. The SMILES string of the molecule is COC(=O)/C=C(/OCCCCl)C(=O)OC. The summed E-state index contributed by atoms with van der Waals surface area (Å²) in [5, 5.41) is 0. The van der Waals surface area contributed by atoms with E-state index in [1.165, 1.54) is 14.2 Å². The highest BCUT2D eigenvalue weighted by Gasteiger charge is 2.13. The van der Waals surface area contributed by atoms with Crippen molar-refractivity contribution in [1.82, 2.24) is 0 Å². The van der Waals surface area contributed by atoms with Crippen LogP contribution < -0.4 is 0 Å². The molecule has 0 atom stereocenters. The summed E-state index contributed by atoms with van der Waals surface area (Å²) in [5.41, 5.74) is 0. The van der Waals surface area contributed by atoms with Crippen LogP contribution in [0, 0.1) is 0 Å². The van der Waals surface area contributed by atoms with Gasteiger partial charge in [-0.05, 0) is 6.42 Å². The molecule has 0 N–H and O–H groups in total. The summed E-state index contributed by atoms with van der Waals surface area (Å²) in [7, 11) is 2.39. The van der Waals surface area contributed by atoms with Crippen LogP contribution in [0.1, 0.15) is 6.42 Å². The van der Waals surface area contributed by atoms with Crippen LogP contribution in [-0.2, 0) is 23.8 Å². The van der Waals surface area contributed by atoms with Gasteiger partial charge >= 0.3 is 11.9 Å². The smallest absolute Gasteiger partial charge is 0.373 e. The number of carbonyl (C=O) groups excluding carboxylic acids is 2. The molecule has 0 aromatic rings. The second-order valence-electron chi connectivity index (χ2n) is 2.41. The van der Waals surface area contributed by atoms with Gasteiger partial charge in [-0.2, -0.15) is 0 Å². The Bertz CT molecular complexity index is 249. The van der Waals surface area contributed by atoms with Crippen LogP contribution in [-0.4, -0.2) is 38.6 Å². The molecule has 0 aliphatic rings. The third-order valence-electron chi connectivity index (χ3n) is 1.37. The largest absolute Gasteiger partial charge is 0.486 e. The van der Waals surface area contributed by atoms with E-state index in [0.29, 0.717) is 12.3 Å². The maximum atomic E-state index is 11.1. The molecule has 0 saturated carbocycles. The Morgan fingerprint density at radius 3 is 2.40 bits per heavy atom. The number of hydrogen-bond donors (Lipinski definition) is 0. The van der Waals surface area contributed by atoms with Gasteiger partial charge in [0.05, 0.1) is 26.9 Å². The molecular weight excluding hydrogens is 224 g/mol. The Kier molecular flexibility index (Phi) is 7.44. The molecule has 0 bridgehead atoms. The molecule has 0 heterocycles. The van der Waals surface area contributed by atoms with E-state index < -0.39 is 11.9 Å². The predicted octanol–water partition coefficient (Wildman–Crippen LogP) is 0.862. The van der Waals surface area contributed by atoms with Crippen molar-refractivity contribution < 1.29 is 23.8 Å². The van der Waals surface area contributed by atoms with Gasteiger partial charge in [-0.3, -0.25) is 0 Å². The molecule has 0 aromatic heterocycles. The first kappa shape index (κ1) is 13.8. The van der Waals surface area contributed by atoms with Crippen molar-refractivity contribution in [1.29, 1.82) is 0 Å². The summed E-state index contributed by atoms with van der Waals surface area (Å²) >= 11 is 5.42. The summed E-state index contributed by atoms with van der Waals surface area (Å²) in [4.78, 5) is 22.0.